The van der Waals surface area contributed by atoms with Crippen LogP contribution in [0.4, 0.5) is 5.82 Å². The highest BCUT2D eigenvalue weighted by Gasteiger charge is 2.22. The third-order valence-electron chi connectivity index (χ3n) is 6.29. The summed E-state index contributed by atoms with van der Waals surface area (Å²) in [5.41, 5.74) is 2.03. The highest BCUT2D eigenvalue weighted by molar-refractivity contribution is 7.13. The summed E-state index contributed by atoms with van der Waals surface area (Å²) in [6, 6.07) is 8.46. The van der Waals surface area contributed by atoms with Crippen LogP contribution in [-0.2, 0) is 19.4 Å². The third-order valence-corrected chi connectivity index (χ3v) is 7.11. The molecule has 0 unspecified atom stereocenters. The summed E-state index contributed by atoms with van der Waals surface area (Å²) in [5.74, 6) is 2.10. The molecule has 0 amide bonds. The highest BCUT2D eigenvalue weighted by atomic mass is 32.1. The zero-order valence-electron chi connectivity index (χ0n) is 16.9. The van der Waals surface area contributed by atoms with Gasteiger partial charge in [0.25, 0.3) is 5.56 Å². The Morgan fingerprint density at radius 3 is 2.76 bits per heavy atom. The van der Waals surface area contributed by atoms with E-state index in [9.17, 15) is 4.79 Å². The van der Waals surface area contributed by atoms with Gasteiger partial charge in [0.05, 0.1) is 4.70 Å². The van der Waals surface area contributed by atoms with Gasteiger partial charge in [-0.25, -0.2) is 4.98 Å². The maximum absolute atomic E-state index is 12.9. The van der Waals surface area contributed by atoms with E-state index in [0.29, 0.717) is 0 Å². The molecule has 0 aliphatic carbocycles. The first kappa shape index (κ1) is 18.8. The van der Waals surface area contributed by atoms with Gasteiger partial charge in [0.2, 0.25) is 0 Å². The van der Waals surface area contributed by atoms with Gasteiger partial charge < -0.3 is 4.90 Å². The molecule has 2 aliphatic rings. The second-order valence-electron chi connectivity index (χ2n) is 8.09. The van der Waals surface area contributed by atoms with Crippen LogP contribution >= 0.6 is 11.5 Å². The molecule has 0 N–H and O–H groups in total. The minimum absolute atomic E-state index is 0.194. The van der Waals surface area contributed by atoms with E-state index in [1.807, 2.05) is 11.5 Å². The zero-order chi connectivity index (χ0) is 19.8. The van der Waals surface area contributed by atoms with Crippen molar-refractivity contribution in [1.82, 2.24) is 18.8 Å². The van der Waals surface area contributed by atoms with Crippen LogP contribution in [0.2, 0.25) is 0 Å². The summed E-state index contributed by atoms with van der Waals surface area (Å²) in [7, 11) is 0. The maximum atomic E-state index is 12.9. The van der Waals surface area contributed by atoms with Crippen molar-refractivity contribution < 1.29 is 0 Å². The molecule has 1 saturated heterocycles. The van der Waals surface area contributed by atoms with Crippen molar-refractivity contribution in [3.05, 3.63) is 51.7 Å². The first-order chi connectivity index (χ1) is 14.2. The molecule has 29 heavy (non-hydrogen) atoms. The van der Waals surface area contributed by atoms with E-state index in [1.54, 1.807) is 11.5 Å². The molecular formula is C22H27N5OS. The molecule has 0 radical (unpaired) electrons. The molecule has 0 saturated carbocycles. The van der Waals surface area contributed by atoms with E-state index in [0.717, 1.165) is 87.9 Å². The molecule has 7 heteroatoms. The lowest BCUT2D eigenvalue weighted by Gasteiger charge is -2.35. The SMILES string of the molecule is Cc1nc2n(c(=O)c1CCN1CCN(c3nsc4ccccc34)CC1)CCCC2. The lowest BCUT2D eigenvalue weighted by molar-refractivity contribution is 0.260. The van der Waals surface area contributed by atoms with Crippen molar-refractivity contribution in [2.24, 2.45) is 0 Å². The van der Waals surface area contributed by atoms with Crippen LogP contribution in [0.25, 0.3) is 10.1 Å². The van der Waals surface area contributed by atoms with Crippen LogP contribution < -0.4 is 10.5 Å². The van der Waals surface area contributed by atoms with Crippen LogP contribution in [0.5, 0.6) is 0 Å². The Hall–Kier alpha value is -2.25. The Labute approximate surface area is 175 Å². The van der Waals surface area contributed by atoms with Crippen LogP contribution in [0.3, 0.4) is 0 Å². The van der Waals surface area contributed by atoms with Crippen LogP contribution in [0.15, 0.2) is 29.1 Å². The first-order valence-electron chi connectivity index (χ1n) is 10.6. The Kier molecular flexibility index (Phi) is 5.09. The molecule has 6 nitrogen and oxygen atoms in total. The molecule has 0 atom stereocenters. The van der Waals surface area contributed by atoms with Crippen molar-refractivity contribution >= 4 is 27.4 Å². The van der Waals surface area contributed by atoms with Crippen molar-refractivity contribution in [3.8, 4) is 0 Å². The Morgan fingerprint density at radius 1 is 1.07 bits per heavy atom. The van der Waals surface area contributed by atoms with Crippen LogP contribution in [0, 0.1) is 6.92 Å². The summed E-state index contributed by atoms with van der Waals surface area (Å²) in [6.45, 7) is 7.71. The molecule has 152 valence electrons. The smallest absolute Gasteiger partial charge is 0.256 e. The van der Waals surface area contributed by atoms with Crippen LogP contribution in [-0.4, -0.2) is 51.5 Å². The predicted molar refractivity (Wildman–Crippen MR) is 118 cm³/mol. The number of hydrogen-bond acceptors (Lipinski definition) is 6. The quantitative estimate of drug-likeness (QED) is 0.663. The normalized spacial score (nSPS) is 17.6. The summed E-state index contributed by atoms with van der Waals surface area (Å²) in [5, 5.41) is 1.26. The molecular weight excluding hydrogens is 382 g/mol. The number of hydrogen-bond donors (Lipinski definition) is 0. The average molecular weight is 410 g/mol. The molecule has 3 aromatic rings. The topological polar surface area (TPSA) is 54.3 Å². The number of aromatic nitrogens is 3. The second-order valence-corrected chi connectivity index (χ2v) is 8.89. The van der Waals surface area contributed by atoms with Gasteiger partial charge in [0.1, 0.15) is 11.6 Å². The Balaban J connectivity index is 1.23. The lowest BCUT2D eigenvalue weighted by Crippen LogP contribution is -2.47. The number of rotatable bonds is 4. The summed E-state index contributed by atoms with van der Waals surface area (Å²) in [6.07, 6.45) is 3.95. The van der Waals surface area contributed by atoms with Gasteiger partial charge in [0.15, 0.2) is 0 Å². The van der Waals surface area contributed by atoms with Crippen molar-refractivity contribution in [2.75, 3.05) is 37.6 Å². The standard InChI is InChI=1S/C22H27N5OS/c1-16-17(22(28)27-10-5-4-8-20(27)23-16)9-11-25-12-14-26(15-13-25)21-18-6-2-3-7-19(18)29-24-21/h2-3,6-7H,4-5,8-15H2,1H3. The van der Waals surface area contributed by atoms with Gasteiger partial charge in [-0.05, 0) is 49.9 Å². The number of piperazine rings is 1. The summed E-state index contributed by atoms with van der Waals surface area (Å²) < 4.78 is 7.86. The van der Waals surface area contributed by atoms with E-state index < -0.39 is 0 Å². The minimum atomic E-state index is 0.194. The molecule has 4 heterocycles. The molecule has 0 bridgehead atoms. The monoisotopic (exact) mass is 409 g/mol. The molecule has 1 aromatic carbocycles. The number of fused-ring (bicyclic) bond motifs is 2. The second kappa shape index (κ2) is 7.88. The van der Waals surface area contributed by atoms with E-state index in [-0.39, 0.29) is 5.56 Å². The molecule has 2 aromatic heterocycles. The third kappa shape index (κ3) is 3.57. The molecule has 0 spiro atoms. The largest absolute Gasteiger partial charge is 0.353 e. The lowest BCUT2D eigenvalue weighted by atomic mass is 10.1. The minimum Gasteiger partial charge on any atom is -0.353 e. The van der Waals surface area contributed by atoms with E-state index in [1.165, 1.54) is 10.1 Å². The fourth-order valence-corrected chi connectivity index (χ4v) is 5.37. The van der Waals surface area contributed by atoms with Gasteiger partial charge in [-0.3, -0.25) is 14.3 Å². The fraction of sp³-hybridized carbons (Fsp3) is 0.500. The van der Waals surface area contributed by atoms with Gasteiger partial charge in [-0.1, -0.05) is 12.1 Å². The summed E-state index contributed by atoms with van der Waals surface area (Å²) in [4.78, 5) is 22.5. The van der Waals surface area contributed by atoms with Gasteiger partial charge in [-0.2, -0.15) is 4.37 Å². The van der Waals surface area contributed by atoms with Gasteiger partial charge in [0, 0.05) is 62.3 Å². The van der Waals surface area contributed by atoms with Crippen molar-refractivity contribution in [2.45, 2.75) is 39.2 Å². The Morgan fingerprint density at radius 2 is 1.90 bits per heavy atom. The Bertz CT molecular complexity index is 1080. The van der Waals surface area contributed by atoms with Crippen molar-refractivity contribution in [3.63, 3.8) is 0 Å². The number of nitrogens with zero attached hydrogens (tertiary/aromatic N) is 5. The molecule has 2 aliphatic heterocycles. The van der Waals surface area contributed by atoms with E-state index >= 15 is 0 Å². The van der Waals surface area contributed by atoms with Gasteiger partial charge in [-0.15, -0.1) is 0 Å². The first-order valence-corrected chi connectivity index (χ1v) is 11.4. The average Bonchev–Trinajstić information content (AvgIpc) is 3.18. The fourth-order valence-electron chi connectivity index (χ4n) is 4.57. The van der Waals surface area contributed by atoms with Crippen LogP contribution in [0.1, 0.15) is 29.9 Å². The highest BCUT2D eigenvalue weighted by Crippen LogP contribution is 2.29. The molecule has 1 fully saturated rings. The van der Waals surface area contributed by atoms with E-state index in [4.69, 9.17) is 9.36 Å². The van der Waals surface area contributed by atoms with Gasteiger partial charge >= 0.3 is 0 Å². The number of aryl methyl sites for hydroxylation is 2. The predicted octanol–water partition coefficient (Wildman–Crippen LogP) is 2.86. The zero-order valence-corrected chi connectivity index (χ0v) is 17.7. The maximum Gasteiger partial charge on any atom is 0.256 e. The van der Waals surface area contributed by atoms with E-state index in [2.05, 4.69) is 34.1 Å². The molecule has 5 rings (SSSR count). The number of anilines is 1. The van der Waals surface area contributed by atoms with Crippen molar-refractivity contribution in [1.29, 1.82) is 0 Å². The number of benzene rings is 1. The summed E-state index contributed by atoms with van der Waals surface area (Å²) >= 11 is 1.58.